The molecule has 184 valence electrons. The van der Waals surface area contributed by atoms with Crippen LogP contribution in [0.5, 0.6) is 5.75 Å². The molecule has 10 heteroatoms. The van der Waals surface area contributed by atoms with Crippen LogP contribution in [-0.2, 0) is 10.0 Å². The average Bonchev–Trinajstić information content (AvgIpc) is 3.54. The highest BCUT2D eigenvalue weighted by molar-refractivity contribution is 7.89. The van der Waals surface area contributed by atoms with Crippen molar-refractivity contribution in [2.45, 2.75) is 44.2 Å². The van der Waals surface area contributed by atoms with Gasteiger partial charge in [0.2, 0.25) is 10.0 Å². The second-order valence-electron chi connectivity index (χ2n) is 9.50. The van der Waals surface area contributed by atoms with E-state index in [1.807, 2.05) is 18.3 Å². The minimum atomic E-state index is -3.36. The maximum Gasteiger partial charge on any atom is 0.214 e. The number of anilines is 1. The molecule has 1 saturated heterocycles. The summed E-state index contributed by atoms with van der Waals surface area (Å²) in [5.74, 6) is 1.76. The van der Waals surface area contributed by atoms with Crippen molar-refractivity contribution >= 4 is 26.9 Å². The number of fused-ring (bicyclic) bond motifs is 1. The van der Waals surface area contributed by atoms with Crippen LogP contribution >= 0.6 is 0 Å². The number of ether oxygens (including phenoxy) is 1. The number of rotatable bonds is 7. The minimum Gasteiger partial charge on any atom is -0.488 e. The van der Waals surface area contributed by atoms with E-state index in [2.05, 4.69) is 33.0 Å². The Bertz CT molecular complexity index is 1330. The lowest BCUT2D eigenvalue weighted by Gasteiger charge is -2.35. The first-order chi connectivity index (χ1) is 16.9. The molecule has 0 spiro atoms. The summed E-state index contributed by atoms with van der Waals surface area (Å²) in [6.07, 6.45) is 7.46. The molecule has 1 aliphatic carbocycles. The maximum absolute atomic E-state index is 13.2. The molecular weight excluding hydrogens is 464 g/mol. The zero-order valence-corrected chi connectivity index (χ0v) is 20.6. The summed E-state index contributed by atoms with van der Waals surface area (Å²) < 4.78 is 33.9. The first-order valence-corrected chi connectivity index (χ1v) is 13.7. The number of hydrogen-bond acceptors (Lipinski definition) is 7. The highest BCUT2D eigenvalue weighted by Gasteiger charge is 2.36. The highest BCUT2D eigenvalue weighted by Crippen LogP contribution is 2.33. The monoisotopic (exact) mass is 494 g/mol. The molecule has 1 aromatic carbocycles. The molecule has 0 unspecified atom stereocenters. The van der Waals surface area contributed by atoms with Crippen LogP contribution in [-0.4, -0.2) is 65.7 Å². The molecule has 1 saturated carbocycles. The summed E-state index contributed by atoms with van der Waals surface area (Å²) in [5, 5.41) is 10.3. The topological polar surface area (TPSA) is 115 Å². The summed E-state index contributed by atoms with van der Waals surface area (Å²) in [6.45, 7) is 0.792. The number of nitrogens with zero attached hydrogens (tertiary/aromatic N) is 5. The van der Waals surface area contributed by atoms with Gasteiger partial charge in [-0.1, -0.05) is 12.1 Å². The van der Waals surface area contributed by atoms with Crippen molar-refractivity contribution < 1.29 is 13.2 Å². The van der Waals surface area contributed by atoms with Crippen LogP contribution < -0.4 is 9.64 Å². The summed E-state index contributed by atoms with van der Waals surface area (Å²) in [6, 6.07) is 11.5. The lowest BCUT2D eigenvalue weighted by atomic mass is 9.86. The van der Waals surface area contributed by atoms with Gasteiger partial charge in [0.05, 0.1) is 23.2 Å². The minimum absolute atomic E-state index is 0.154. The Morgan fingerprint density at radius 1 is 1.17 bits per heavy atom. The lowest BCUT2D eigenvalue weighted by molar-refractivity contribution is 0.214. The van der Waals surface area contributed by atoms with E-state index in [0.29, 0.717) is 36.9 Å². The SMILES string of the molecule is CN(c1ncnc2[nH]ccc12)[C@H]1CC[C@H](CS(=O)(=O)N2CC[C@H](Oc3ccccc3C#N)C2)CC1. The molecule has 1 aliphatic heterocycles. The molecule has 9 nitrogen and oxygen atoms in total. The quantitative estimate of drug-likeness (QED) is 0.536. The Labute approximate surface area is 205 Å². The Morgan fingerprint density at radius 2 is 1.97 bits per heavy atom. The summed E-state index contributed by atoms with van der Waals surface area (Å²) in [7, 11) is -1.30. The number of sulfonamides is 1. The van der Waals surface area contributed by atoms with Gasteiger partial charge < -0.3 is 14.6 Å². The fraction of sp³-hybridized carbons (Fsp3) is 0.480. The third-order valence-electron chi connectivity index (χ3n) is 7.28. The largest absolute Gasteiger partial charge is 0.488 e. The maximum atomic E-state index is 13.2. The van der Waals surface area contributed by atoms with E-state index in [0.717, 1.165) is 42.5 Å². The predicted octanol–water partition coefficient (Wildman–Crippen LogP) is 3.31. The van der Waals surface area contributed by atoms with Gasteiger partial charge in [-0.3, -0.25) is 0 Å². The fourth-order valence-corrected chi connectivity index (χ4v) is 7.22. The Kier molecular flexibility index (Phi) is 6.62. The van der Waals surface area contributed by atoms with Gasteiger partial charge in [-0.2, -0.15) is 9.57 Å². The molecule has 1 atom stereocenters. The van der Waals surface area contributed by atoms with E-state index >= 15 is 0 Å². The number of para-hydroxylation sites is 1. The molecule has 1 N–H and O–H groups in total. The van der Waals surface area contributed by atoms with Gasteiger partial charge >= 0.3 is 0 Å². The second-order valence-corrected chi connectivity index (χ2v) is 11.5. The number of nitrogens with one attached hydrogen (secondary N) is 1. The molecule has 0 amide bonds. The zero-order valence-electron chi connectivity index (χ0n) is 19.8. The van der Waals surface area contributed by atoms with E-state index in [9.17, 15) is 13.7 Å². The molecule has 3 aromatic rings. The smallest absolute Gasteiger partial charge is 0.214 e. The van der Waals surface area contributed by atoms with Crippen LogP contribution in [0.15, 0.2) is 42.9 Å². The molecule has 2 fully saturated rings. The van der Waals surface area contributed by atoms with Crippen LogP contribution in [0.2, 0.25) is 0 Å². The van der Waals surface area contributed by atoms with Crippen LogP contribution in [0, 0.1) is 17.2 Å². The number of nitriles is 1. The molecule has 0 bridgehead atoms. The third kappa shape index (κ3) is 4.97. The highest BCUT2D eigenvalue weighted by atomic mass is 32.2. The van der Waals surface area contributed by atoms with Crippen LogP contribution in [0.3, 0.4) is 0 Å². The number of benzene rings is 1. The number of aromatic amines is 1. The van der Waals surface area contributed by atoms with Crippen LogP contribution in [0.1, 0.15) is 37.7 Å². The van der Waals surface area contributed by atoms with Crippen LogP contribution in [0.4, 0.5) is 5.82 Å². The summed E-state index contributed by atoms with van der Waals surface area (Å²) in [5.41, 5.74) is 1.29. The van der Waals surface area contributed by atoms with Crippen molar-refractivity contribution in [1.82, 2.24) is 19.3 Å². The molecular formula is C25H30N6O3S. The van der Waals surface area contributed by atoms with Gasteiger partial charge in [0, 0.05) is 25.8 Å². The Hall–Kier alpha value is -3.16. The number of aromatic nitrogens is 3. The Morgan fingerprint density at radius 3 is 2.77 bits per heavy atom. The van der Waals surface area contributed by atoms with E-state index in [-0.39, 0.29) is 17.8 Å². The fourth-order valence-electron chi connectivity index (χ4n) is 5.30. The average molecular weight is 495 g/mol. The van der Waals surface area contributed by atoms with Crippen molar-refractivity contribution in [2.75, 3.05) is 30.8 Å². The van der Waals surface area contributed by atoms with Gasteiger partial charge in [0.1, 0.15) is 35.7 Å². The van der Waals surface area contributed by atoms with E-state index in [1.54, 1.807) is 28.8 Å². The van der Waals surface area contributed by atoms with E-state index in [4.69, 9.17) is 4.74 Å². The van der Waals surface area contributed by atoms with Gasteiger partial charge in [0.25, 0.3) is 0 Å². The molecule has 0 radical (unpaired) electrons. The summed E-state index contributed by atoms with van der Waals surface area (Å²) in [4.78, 5) is 14.1. The molecule has 35 heavy (non-hydrogen) atoms. The lowest BCUT2D eigenvalue weighted by Crippen LogP contribution is -2.39. The standard InChI is InChI=1S/C25H30N6O3S/c1-30(25-22-10-12-27-24(22)28-17-29-25)20-8-6-18(7-9-20)16-35(32,33)31-13-11-21(15-31)34-23-5-3-2-4-19(23)14-26/h2-5,10,12,17-18,20-21H,6-9,11,13,15-16H2,1H3,(H,27,28,29)/t18-,20-,21-/m0/s1. The second kappa shape index (κ2) is 9.84. The Balaban J connectivity index is 1.15. The number of H-pyrrole nitrogens is 1. The third-order valence-corrected chi connectivity index (χ3v) is 9.29. The van der Waals surface area contributed by atoms with Crippen LogP contribution in [0.25, 0.3) is 11.0 Å². The first-order valence-electron chi connectivity index (χ1n) is 12.1. The normalized spacial score (nSPS) is 23.3. The molecule has 2 aliphatic rings. The van der Waals surface area contributed by atoms with Crippen molar-refractivity contribution in [3.8, 4) is 11.8 Å². The summed E-state index contributed by atoms with van der Waals surface area (Å²) >= 11 is 0. The number of hydrogen-bond donors (Lipinski definition) is 1. The molecule has 5 rings (SSSR count). The van der Waals surface area contributed by atoms with Gasteiger partial charge in [-0.15, -0.1) is 0 Å². The van der Waals surface area contributed by atoms with Crippen molar-refractivity contribution in [3.63, 3.8) is 0 Å². The molecule has 3 heterocycles. The van der Waals surface area contributed by atoms with Gasteiger partial charge in [-0.05, 0) is 56.2 Å². The van der Waals surface area contributed by atoms with E-state index in [1.165, 1.54) is 0 Å². The zero-order chi connectivity index (χ0) is 24.4. The van der Waals surface area contributed by atoms with E-state index < -0.39 is 10.0 Å². The van der Waals surface area contributed by atoms with Crippen molar-refractivity contribution in [1.29, 1.82) is 5.26 Å². The first kappa shape index (κ1) is 23.6. The molecule has 2 aromatic heterocycles. The van der Waals surface area contributed by atoms with Crippen molar-refractivity contribution in [2.24, 2.45) is 5.92 Å². The van der Waals surface area contributed by atoms with Crippen molar-refractivity contribution in [3.05, 3.63) is 48.4 Å². The van der Waals surface area contributed by atoms with Gasteiger partial charge in [0.15, 0.2) is 0 Å². The predicted molar refractivity (Wildman–Crippen MR) is 134 cm³/mol. The van der Waals surface area contributed by atoms with Gasteiger partial charge in [-0.25, -0.2) is 18.4 Å².